The molecule has 0 bridgehead atoms. The smallest absolute Gasteiger partial charge is 0.133 e. The number of fused-ring (bicyclic) bond motifs is 5. The lowest BCUT2D eigenvalue weighted by atomic mass is 9.47. The molecule has 0 spiro atoms. The fourth-order valence-electron chi connectivity index (χ4n) is 7.31. The maximum Gasteiger partial charge on any atom is 0.133 e. The van der Waals surface area contributed by atoms with Crippen molar-refractivity contribution in [1.82, 2.24) is 0 Å². The van der Waals surface area contributed by atoms with Gasteiger partial charge in [-0.15, -0.1) is 0 Å². The molecule has 0 aromatic heterocycles. The third kappa shape index (κ3) is 2.13. The minimum Gasteiger partial charge on any atom is -0.393 e. The van der Waals surface area contributed by atoms with Crippen molar-refractivity contribution in [3.05, 3.63) is 11.6 Å². The highest BCUT2D eigenvalue weighted by Crippen LogP contribution is 2.66. The van der Waals surface area contributed by atoms with Gasteiger partial charge in [-0.2, -0.15) is 0 Å². The number of aliphatic hydroxyl groups is 1. The molecule has 0 radical (unpaired) electrons. The van der Waals surface area contributed by atoms with Crippen LogP contribution in [-0.2, 0) is 4.79 Å². The Kier molecular flexibility index (Phi) is 3.58. The van der Waals surface area contributed by atoms with Gasteiger partial charge < -0.3 is 5.11 Å². The van der Waals surface area contributed by atoms with Crippen LogP contribution in [0.15, 0.2) is 11.6 Å². The van der Waals surface area contributed by atoms with Gasteiger partial charge in [0.05, 0.1) is 6.10 Å². The zero-order chi connectivity index (χ0) is 16.4. The summed E-state index contributed by atoms with van der Waals surface area (Å²) >= 11 is 0. The van der Waals surface area contributed by atoms with Crippen LogP contribution >= 0.6 is 0 Å². The maximum atomic E-state index is 12.2. The molecule has 7 atom stereocenters. The maximum absolute atomic E-state index is 12.2. The molecule has 1 N–H and O–H groups in total. The Balaban J connectivity index is 1.66. The standard InChI is InChI=1S/C21H32O2/c1-13(22)17-6-7-18-16-5-4-14-12-15(23)8-10-20(14,2)19(16)9-11-21(17,18)3/h4,15-19,23H,5-12H2,1-3H3/t15?,16?,17-,18?,19?,20+,21?/m1/s1. The predicted octanol–water partition coefficient (Wildman–Crippen LogP) is 4.52. The number of hydrogen-bond acceptors (Lipinski definition) is 2. The van der Waals surface area contributed by atoms with Crippen molar-refractivity contribution in [2.75, 3.05) is 0 Å². The van der Waals surface area contributed by atoms with E-state index in [1.54, 1.807) is 5.57 Å². The van der Waals surface area contributed by atoms with Crippen molar-refractivity contribution >= 4 is 5.78 Å². The van der Waals surface area contributed by atoms with Gasteiger partial charge >= 0.3 is 0 Å². The number of aliphatic hydroxyl groups excluding tert-OH is 1. The van der Waals surface area contributed by atoms with Gasteiger partial charge in [-0.1, -0.05) is 25.5 Å². The van der Waals surface area contributed by atoms with Crippen LogP contribution in [0.25, 0.3) is 0 Å². The van der Waals surface area contributed by atoms with Gasteiger partial charge in [0.1, 0.15) is 5.78 Å². The van der Waals surface area contributed by atoms with Crippen molar-refractivity contribution in [1.29, 1.82) is 0 Å². The number of carbonyl (C=O) groups excluding carboxylic acids is 1. The van der Waals surface area contributed by atoms with E-state index in [0.29, 0.717) is 17.1 Å². The summed E-state index contributed by atoms with van der Waals surface area (Å²) in [5, 5.41) is 10.1. The van der Waals surface area contributed by atoms with E-state index in [1.165, 1.54) is 25.7 Å². The van der Waals surface area contributed by atoms with E-state index in [4.69, 9.17) is 0 Å². The minimum atomic E-state index is -0.117. The molecule has 2 heteroatoms. The molecule has 0 aromatic carbocycles. The Labute approximate surface area is 140 Å². The molecular formula is C21H32O2. The first-order valence-electron chi connectivity index (χ1n) is 9.74. The topological polar surface area (TPSA) is 37.3 Å². The molecule has 0 saturated heterocycles. The van der Waals surface area contributed by atoms with Crippen LogP contribution in [0.4, 0.5) is 0 Å². The molecule has 4 aliphatic rings. The molecule has 0 aliphatic heterocycles. The van der Waals surface area contributed by atoms with E-state index in [0.717, 1.165) is 43.4 Å². The lowest BCUT2D eigenvalue weighted by Crippen LogP contribution is -2.50. The number of carbonyl (C=O) groups is 1. The van der Waals surface area contributed by atoms with Crippen molar-refractivity contribution in [3.8, 4) is 0 Å². The number of hydrogen-bond donors (Lipinski definition) is 1. The third-order valence-electron chi connectivity index (χ3n) is 8.57. The van der Waals surface area contributed by atoms with Crippen LogP contribution in [0.5, 0.6) is 0 Å². The van der Waals surface area contributed by atoms with Crippen LogP contribution in [0, 0.1) is 34.5 Å². The average Bonchev–Trinajstić information content (AvgIpc) is 2.85. The zero-order valence-corrected chi connectivity index (χ0v) is 15.0. The summed E-state index contributed by atoms with van der Waals surface area (Å²) in [6, 6.07) is 0. The largest absolute Gasteiger partial charge is 0.393 e. The number of ketones is 1. The molecule has 0 heterocycles. The molecular weight excluding hydrogens is 284 g/mol. The van der Waals surface area contributed by atoms with Crippen LogP contribution in [0.3, 0.4) is 0 Å². The van der Waals surface area contributed by atoms with E-state index in [9.17, 15) is 9.90 Å². The highest BCUT2D eigenvalue weighted by Gasteiger charge is 2.59. The van der Waals surface area contributed by atoms with E-state index in [-0.39, 0.29) is 11.5 Å². The number of Topliss-reactive ketones (excluding diaryl/α,β-unsaturated/α-hetero) is 1. The summed E-state index contributed by atoms with van der Waals surface area (Å²) in [7, 11) is 0. The SMILES string of the molecule is CC(=O)[C@H]1CCC2C3CC=C4CC(O)CC[C@]4(C)C3CCC21C. The monoisotopic (exact) mass is 316 g/mol. The summed E-state index contributed by atoms with van der Waals surface area (Å²) in [5.74, 6) is 3.00. The second-order valence-electron chi connectivity index (χ2n) is 9.44. The molecule has 0 amide bonds. The second kappa shape index (κ2) is 5.18. The molecule has 4 aliphatic carbocycles. The van der Waals surface area contributed by atoms with Gasteiger partial charge in [-0.25, -0.2) is 0 Å². The third-order valence-corrected chi connectivity index (χ3v) is 8.57. The lowest BCUT2D eigenvalue weighted by molar-refractivity contribution is -0.127. The minimum absolute atomic E-state index is 0.117. The molecule has 3 saturated carbocycles. The van der Waals surface area contributed by atoms with E-state index in [1.807, 2.05) is 6.92 Å². The molecule has 4 rings (SSSR count). The fraction of sp³-hybridized carbons (Fsp3) is 0.857. The predicted molar refractivity (Wildman–Crippen MR) is 91.9 cm³/mol. The van der Waals surface area contributed by atoms with Crippen molar-refractivity contribution in [2.45, 2.75) is 78.2 Å². The van der Waals surface area contributed by atoms with Crippen molar-refractivity contribution in [2.24, 2.45) is 34.5 Å². The molecule has 23 heavy (non-hydrogen) atoms. The summed E-state index contributed by atoms with van der Waals surface area (Å²) in [6.45, 7) is 6.70. The van der Waals surface area contributed by atoms with Crippen LogP contribution < -0.4 is 0 Å². The van der Waals surface area contributed by atoms with Crippen LogP contribution in [0.1, 0.15) is 72.1 Å². The number of allylic oxidation sites excluding steroid dienone is 1. The second-order valence-corrected chi connectivity index (χ2v) is 9.44. The molecule has 2 nitrogen and oxygen atoms in total. The van der Waals surface area contributed by atoms with Crippen LogP contribution in [0.2, 0.25) is 0 Å². The van der Waals surface area contributed by atoms with E-state index < -0.39 is 0 Å². The highest BCUT2D eigenvalue weighted by atomic mass is 16.3. The van der Waals surface area contributed by atoms with Gasteiger partial charge in [-0.3, -0.25) is 4.79 Å². The normalized spacial score (nSPS) is 52.2. The van der Waals surface area contributed by atoms with Gasteiger partial charge in [0.2, 0.25) is 0 Å². The average molecular weight is 316 g/mol. The Morgan fingerprint density at radius 2 is 1.91 bits per heavy atom. The van der Waals surface area contributed by atoms with Gasteiger partial charge in [-0.05, 0) is 86.9 Å². The summed E-state index contributed by atoms with van der Waals surface area (Å²) in [5.41, 5.74) is 2.11. The fourth-order valence-corrected chi connectivity index (χ4v) is 7.31. The van der Waals surface area contributed by atoms with Gasteiger partial charge in [0.25, 0.3) is 0 Å². The molecule has 5 unspecified atom stereocenters. The molecule has 128 valence electrons. The first kappa shape index (κ1) is 15.9. The van der Waals surface area contributed by atoms with Gasteiger partial charge in [0, 0.05) is 5.92 Å². The van der Waals surface area contributed by atoms with Crippen LogP contribution in [-0.4, -0.2) is 17.0 Å². The Morgan fingerprint density at radius 3 is 2.65 bits per heavy atom. The Morgan fingerprint density at radius 1 is 1.13 bits per heavy atom. The first-order chi connectivity index (χ1) is 10.9. The highest BCUT2D eigenvalue weighted by molar-refractivity contribution is 5.79. The summed E-state index contributed by atoms with van der Waals surface area (Å²) in [6.07, 6.45) is 11.5. The Hall–Kier alpha value is -0.630. The molecule has 3 fully saturated rings. The molecule has 0 aromatic rings. The first-order valence-corrected chi connectivity index (χ1v) is 9.74. The lowest BCUT2D eigenvalue weighted by Gasteiger charge is -2.57. The number of rotatable bonds is 1. The quantitative estimate of drug-likeness (QED) is 0.722. The van der Waals surface area contributed by atoms with E-state index in [2.05, 4.69) is 19.9 Å². The summed E-state index contributed by atoms with van der Waals surface area (Å²) < 4.78 is 0. The Bertz CT molecular complexity index is 550. The summed E-state index contributed by atoms with van der Waals surface area (Å²) in [4.78, 5) is 12.2. The van der Waals surface area contributed by atoms with Crippen molar-refractivity contribution < 1.29 is 9.90 Å². The zero-order valence-electron chi connectivity index (χ0n) is 15.0. The van der Waals surface area contributed by atoms with E-state index >= 15 is 0 Å². The van der Waals surface area contributed by atoms with Gasteiger partial charge in [0.15, 0.2) is 0 Å². The van der Waals surface area contributed by atoms with Crippen molar-refractivity contribution in [3.63, 3.8) is 0 Å².